The van der Waals surface area contributed by atoms with Crippen molar-refractivity contribution in [3.8, 4) is 0 Å². The van der Waals surface area contributed by atoms with Gasteiger partial charge in [0.1, 0.15) is 12.9 Å². The second kappa shape index (κ2) is 8.92. The number of hydrogen-bond donors (Lipinski definition) is 0. The van der Waals surface area contributed by atoms with Gasteiger partial charge < -0.3 is 23.7 Å². The summed E-state index contributed by atoms with van der Waals surface area (Å²) in [4.78, 5) is 22.7. The van der Waals surface area contributed by atoms with E-state index in [0.717, 1.165) is 51.4 Å². The van der Waals surface area contributed by atoms with Crippen LogP contribution in [0.3, 0.4) is 0 Å². The van der Waals surface area contributed by atoms with Gasteiger partial charge in [-0.1, -0.05) is 11.6 Å². The molecule has 1 unspecified atom stereocenters. The maximum Gasteiger partial charge on any atom is 0.331 e. The Balaban J connectivity index is 1.46. The molecule has 3 aliphatic rings. The van der Waals surface area contributed by atoms with Crippen molar-refractivity contribution in [2.24, 2.45) is 17.8 Å². The van der Waals surface area contributed by atoms with Crippen LogP contribution < -0.4 is 0 Å². The Labute approximate surface area is 148 Å². The standard InChI is InChI=1S/C19H28O6/c1-22-18(21)12-23-7-5-13-8-14-10-17(16(11-20)15(14)9-13)25-19-4-2-3-6-24-19/h8,11,14-17,19H,2-7,9-10,12H2,1H3/t14-,15-,16+,17+,19?/m1/s1. The first-order chi connectivity index (χ1) is 12.2. The fourth-order valence-electron chi connectivity index (χ4n) is 4.27. The van der Waals surface area contributed by atoms with Crippen LogP contribution in [0.1, 0.15) is 38.5 Å². The lowest BCUT2D eigenvalue weighted by Gasteiger charge is -2.28. The van der Waals surface area contributed by atoms with Gasteiger partial charge in [-0.25, -0.2) is 4.79 Å². The zero-order chi connectivity index (χ0) is 17.6. The van der Waals surface area contributed by atoms with Crippen LogP contribution in [0.15, 0.2) is 11.6 Å². The molecule has 0 aromatic rings. The number of carbonyl (C=O) groups excluding carboxylic acids is 2. The fraction of sp³-hybridized carbons (Fsp3) is 0.789. The third kappa shape index (κ3) is 4.68. The average Bonchev–Trinajstić information content (AvgIpc) is 3.16. The highest BCUT2D eigenvalue weighted by molar-refractivity contribution is 5.70. The molecule has 0 bridgehead atoms. The molecule has 1 heterocycles. The molecule has 0 aromatic heterocycles. The first kappa shape index (κ1) is 18.5. The SMILES string of the molecule is COC(=O)COCCC1=C[C@@H]2C[C@H](OC3CCCCO3)[C@@H](C=O)[C@@H]2C1. The predicted molar refractivity (Wildman–Crippen MR) is 89.8 cm³/mol. The second-order valence-electron chi connectivity index (χ2n) is 7.16. The molecule has 0 N–H and O–H groups in total. The number of ether oxygens (including phenoxy) is 4. The molecule has 6 heteroatoms. The molecule has 1 saturated carbocycles. The molecule has 25 heavy (non-hydrogen) atoms. The third-order valence-electron chi connectivity index (χ3n) is 5.56. The summed E-state index contributed by atoms with van der Waals surface area (Å²) in [6.45, 7) is 1.25. The van der Waals surface area contributed by atoms with Crippen molar-refractivity contribution in [3.05, 3.63) is 11.6 Å². The van der Waals surface area contributed by atoms with Gasteiger partial charge in [-0.15, -0.1) is 0 Å². The highest BCUT2D eigenvalue weighted by Gasteiger charge is 2.46. The van der Waals surface area contributed by atoms with Crippen molar-refractivity contribution < 1.29 is 28.5 Å². The monoisotopic (exact) mass is 352 g/mol. The van der Waals surface area contributed by atoms with Gasteiger partial charge in [0.05, 0.1) is 19.8 Å². The minimum absolute atomic E-state index is 0.00903. The lowest BCUT2D eigenvalue weighted by molar-refractivity contribution is -0.194. The van der Waals surface area contributed by atoms with Gasteiger partial charge in [0.15, 0.2) is 6.29 Å². The van der Waals surface area contributed by atoms with E-state index in [4.69, 9.17) is 14.2 Å². The third-order valence-corrected chi connectivity index (χ3v) is 5.56. The fourth-order valence-corrected chi connectivity index (χ4v) is 4.27. The molecule has 1 saturated heterocycles. The minimum Gasteiger partial charge on any atom is -0.467 e. The summed E-state index contributed by atoms with van der Waals surface area (Å²) in [6.07, 6.45) is 8.95. The van der Waals surface area contributed by atoms with Gasteiger partial charge in [-0.2, -0.15) is 0 Å². The van der Waals surface area contributed by atoms with Crippen LogP contribution in [-0.2, 0) is 28.5 Å². The summed E-state index contributed by atoms with van der Waals surface area (Å²) in [7, 11) is 1.35. The second-order valence-corrected chi connectivity index (χ2v) is 7.16. The number of rotatable bonds is 8. The van der Waals surface area contributed by atoms with Crippen LogP contribution in [-0.4, -0.2) is 51.6 Å². The zero-order valence-corrected chi connectivity index (χ0v) is 14.9. The summed E-state index contributed by atoms with van der Waals surface area (Å²) < 4.78 is 21.6. The molecule has 3 rings (SSSR count). The zero-order valence-electron chi connectivity index (χ0n) is 14.9. The minimum atomic E-state index is -0.358. The molecule has 5 atom stereocenters. The molecule has 0 radical (unpaired) electrons. The van der Waals surface area contributed by atoms with Gasteiger partial charge in [-0.05, 0) is 50.4 Å². The van der Waals surface area contributed by atoms with Crippen molar-refractivity contribution >= 4 is 12.3 Å². The van der Waals surface area contributed by atoms with Crippen LogP contribution in [0.25, 0.3) is 0 Å². The van der Waals surface area contributed by atoms with E-state index in [2.05, 4.69) is 10.8 Å². The first-order valence-corrected chi connectivity index (χ1v) is 9.27. The largest absolute Gasteiger partial charge is 0.467 e. The number of aldehydes is 1. The first-order valence-electron chi connectivity index (χ1n) is 9.27. The van der Waals surface area contributed by atoms with E-state index in [0.29, 0.717) is 18.4 Å². The number of esters is 1. The van der Waals surface area contributed by atoms with Gasteiger partial charge in [0, 0.05) is 12.5 Å². The quantitative estimate of drug-likeness (QED) is 0.289. The van der Waals surface area contributed by atoms with Crippen LogP contribution in [0.4, 0.5) is 0 Å². The highest BCUT2D eigenvalue weighted by Crippen LogP contribution is 2.48. The molecular formula is C19H28O6. The Morgan fingerprint density at radius 1 is 1.40 bits per heavy atom. The molecule has 0 aromatic carbocycles. The smallest absolute Gasteiger partial charge is 0.331 e. The Bertz CT molecular complexity index is 496. The number of carbonyl (C=O) groups is 2. The Morgan fingerprint density at radius 3 is 3.00 bits per heavy atom. The van der Waals surface area contributed by atoms with E-state index in [-0.39, 0.29) is 30.9 Å². The van der Waals surface area contributed by atoms with Gasteiger partial charge in [0.25, 0.3) is 0 Å². The molecular weight excluding hydrogens is 324 g/mol. The van der Waals surface area contributed by atoms with Gasteiger partial charge in [-0.3, -0.25) is 0 Å². The normalized spacial score (nSPS) is 34.4. The maximum absolute atomic E-state index is 11.7. The molecule has 6 nitrogen and oxygen atoms in total. The van der Waals surface area contributed by atoms with Crippen LogP contribution in [0.5, 0.6) is 0 Å². The van der Waals surface area contributed by atoms with E-state index in [1.165, 1.54) is 12.7 Å². The number of fused-ring (bicyclic) bond motifs is 1. The molecule has 0 amide bonds. The number of methoxy groups -OCH3 is 1. The molecule has 1 aliphatic heterocycles. The van der Waals surface area contributed by atoms with Crippen molar-refractivity contribution in [2.75, 3.05) is 26.9 Å². The van der Waals surface area contributed by atoms with Crippen molar-refractivity contribution in [3.63, 3.8) is 0 Å². The van der Waals surface area contributed by atoms with Gasteiger partial charge in [0.2, 0.25) is 0 Å². The summed E-state index contributed by atoms with van der Waals surface area (Å²) >= 11 is 0. The van der Waals surface area contributed by atoms with E-state index in [1.807, 2.05) is 0 Å². The summed E-state index contributed by atoms with van der Waals surface area (Å²) in [5, 5.41) is 0. The van der Waals surface area contributed by atoms with Gasteiger partial charge >= 0.3 is 5.97 Å². The molecule has 2 fully saturated rings. The van der Waals surface area contributed by atoms with Crippen molar-refractivity contribution in [1.82, 2.24) is 0 Å². The highest BCUT2D eigenvalue weighted by atomic mass is 16.7. The summed E-state index contributed by atoms with van der Waals surface area (Å²) in [5.41, 5.74) is 1.32. The molecule has 2 aliphatic carbocycles. The van der Waals surface area contributed by atoms with E-state index < -0.39 is 0 Å². The topological polar surface area (TPSA) is 71.1 Å². The maximum atomic E-state index is 11.7. The Hall–Kier alpha value is -1.24. The van der Waals surface area contributed by atoms with E-state index in [9.17, 15) is 9.59 Å². The number of allylic oxidation sites excluding steroid dienone is 1. The Kier molecular flexibility index (Phi) is 6.62. The van der Waals surface area contributed by atoms with Crippen LogP contribution >= 0.6 is 0 Å². The molecule has 140 valence electrons. The van der Waals surface area contributed by atoms with Crippen molar-refractivity contribution in [1.29, 1.82) is 0 Å². The van der Waals surface area contributed by atoms with E-state index in [1.54, 1.807) is 0 Å². The summed E-state index contributed by atoms with van der Waals surface area (Å²) in [6, 6.07) is 0. The average molecular weight is 352 g/mol. The van der Waals surface area contributed by atoms with Crippen LogP contribution in [0, 0.1) is 17.8 Å². The van der Waals surface area contributed by atoms with Crippen LogP contribution in [0.2, 0.25) is 0 Å². The Morgan fingerprint density at radius 2 is 2.28 bits per heavy atom. The summed E-state index contributed by atoms with van der Waals surface area (Å²) in [5.74, 6) is 0.324. The molecule has 0 spiro atoms. The predicted octanol–water partition coefficient (Wildman–Crippen LogP) is 2.26. The lowest BCUT2D eigenvalue weighted by atomic mass is 9.90. The lowest BCUT2D eigenvalue weighted by Crippen LogP contribution is -2.32. The van der Waals surface area contributed by atoms with E-state index >= 15 is 0 Å². The van der Waals surface area contributed by atoms with Crippen molar-refractivity contribution in [2.45, 2.75) is 50.9 Å². The number of hydrogen-bond acceptors (Lipinski definition) is 6.